The zero-order valence-corrected chi connectivity index (χ0v) is 20.8. The Bertz CT molecular complexity index is 1370. The van der Waals surface area contributed by atoms with Crippen molar-refractivity contribution in [1.29, 1.82) is 0 Å². The molecule has 2 atom stereocenters. The molecule has 0 spiro atoms. The number of carbonyl (C=O) groups excluding carboxylic acids is 1. The van der Waals surface area contributed by atoms with Gasteiger partial charge in [0.15, 0.2) is 5.82 Å². The molecule has 0 radical (unpaired) electrons. The molecule has 5 heterocycles. The molecular formula is C27H28N8O2. The first-order chi connectivity index (χ1) is 18.0. The lowest BCUT2D eigenvalue weighted by Gasteiger charge is -2.27. The van der Waals surface area contributed by atoms with Crippen molar-refractivity contribution >= 4 is 17.6 Å². The molecule has 1 fully saturated rings. The number of pyridine rings is 2. The highest BCUT2D eigenvalue weighted by atomic mass is 16.5. The van der Waals surface area contributed by atoms with E-state index in [2.05, 4.69) is 47.5 Å². The molecule has 4 aromatic rings. The number of rotatable bonds is 7. The van der Waals surface area contributed by atoms with E-state index in [0.717, 1.165) is 24.1 Å². The van der Waals surface area contributed by atoms with E-state index in [1.807, 2.05) is 31.2 Å². The van der Waals surface area contributed by atoms with Crippen LogP contribution in [0.15, 0.2) is 61.1 Å². The maximum atomic E-state index is 12.5. The Hall–Kier alpha value is -4.31. The summed E-state index contributed by atoms with van der Waals surface area (Å²) in [5.74, 6) is 1.95. The van der Waals surface area contributed by atoms with Gasteiger partial charge < -0.3 is 15.4 Å². The van der Waals surface area contributed by atoms with E-state index in [1.165, 1.54) is 0 Å². The van der Waals surface area contributed by atoms with Crippen LogP contribution in [0.5, 0.6) is 0 Å². The molecule has 5 rings (SSSR count). The van der Waals surface area contributed by atoms with Gasteiger partial charge in [-0.2, -0.15) is 0 Å². The minimum absolute atomic E-state index is 0.118. The van der Waals surface area contributed by atoms with E-state index in [0.29, 0.717) is 53.7 Å². The highest BCUT2D eigenvalue weighted by Gasteiger charge is 2.22. The van der Waals surface area contributed by atoms with Gasteiger partial charge in [-0.05, 0) is 62.6 Å². The highest BCUT2D eigenvalue weighted by Crippen LogP contribution is 2.18. The second-order valence-electron chi connectivity index (χ2n) is 9.06. The molecule has 188 valence electrons. The second kappa shape index (κ2) is 11.2. The third kappa shape index (κ3) is 6.47. The first-order valence-electron chi connectivity index (χ1n) is 12.3. The summed E-state index contributed by atoms with van der Waals surface area (Å²) in [4.78, 5) is 39.1. The number of nitrogens with zero attached hydrogens (tertiary/aromatic N) is 6. The van der Waals surface area contributed by atoms with Gasteiger partial charge in [-0.3, -0.25) is 0 Å². The normalized spacial score (nSPS) is 17.2. The van der Waals surface area contributed by atoms with E-state index < -0.39 is 5.97 Å². The molecule has 0 unspecified atom stereocenters. The van der Waals surface area contributed by atoms with Crippen LogP contribution in [-0.2, 0) is 11.2 Å². The van der Waals surface area contributed by atoms with Crippen molar-refractivity contribution in [2.45, 2.75) is 45.3 Å². The average Bonchev–Trinajstić information content (AvgIpc) is 2.91. The fraction of sp³-hybridized carbons (Fsp3) is 0.296. The Balaban J connectivity index is 1.21. The molecule has 2 N–H and O–H groups in total. The maximum Gasteiger partial charge on any atom is 0.357 e. The molecule has 10 heteroatoms. The lowest BCUT2D eigenvalue weighted by Crippen LogP contribution is -2.41. The minimum atomic E-state index is -0.402. The quantitative estimate of drug-likeness (QED) is 0.366. The van der Waals surface area contributed by atoms with Gasteiger partial charge in [-0.1, -0.05) is 12.1 Å². The average molecular weight is 497 g/mol. The van der Waals surface area contributed by atoms with Crippen molar-refractivity contribution < 1.29 is 9.53 Å². The number of hydrogen-bond acceptors (Lipinski definition) is 10. The molecule has 10 nitrogen and oxygen atoms in total. The van der Waals surface area contributed by atoms with Gasteiger partial charge in [0.05, 0.1) is 0 Å². The van der Waals surface area contributed by atoms with Crippen molar-refractivity contribution in [3.05, 3.63) is 83.8 Å². The number of piperidine rings is 1. The molecule has 0 bridgehead atoms. The van der Waals surface area contributed by atoms with Crippen LogP contribution in [0.4, 0.5) is 11.6 Å². The molecule has 0 amide bonds. The summed E-state index contributed by atoms with van der Waals surface area (Å²) in [7, 11) is 0. The number of hydrogen-bond donors (Lipinski definition) is 2. The van der Waals surface area contributed by atoms with E-state index in [-0.39, 0.29) is 6.10 Å². The number of esters is 1. The smallest absolute Gasteiger partial charge is 0.357 e. The second-order valence-corrected chi connectivity index (χ2v) is 9.06. The van der Waals surface area contributed by atoms with Crippen LogP contribution < -0.4 is 10.6 Å². The molecular weight excluding hydrogens is 468 g/mol. The third-order valence-electron chi connectivity index (χ3n) is 6.02. The van der Waals surface area contributed by atoms with Crippen molar-refractivity contribution in [2.24, 2.45) is 0 Å². The van der Waals surface area contributed by atoms with Crippen LogP contribution in [-0.4, -0.2) is 54.6 Å². The Morgan fingerprint density at radius 3 is 2.59 bits per heavy atom. The number of aromatic nitrogens is 6. The fourth-order valence-corrected chi connectivity index (χ4v) is 4.02. The Morgan fingerprint density at radius 1 is 1.00 bits per heavy atom. The molecule has 1 saturated heterocycles. The molecule has 0 aliphatic carbocycles. The molecule has 37 heavy (non-hydrogen) atoms. The summed E-state index contributed by atoms with van der Waals surface area (Å²) in [5.41, 5.74) is 2.78. The standard InChI is InChI=1S/C27H28N8O2/c1-17-6-8-20(16-30-17)37-27(36)22-9-7-19(15-31-22)14-25-28-12-10-23(34-25)33-24-11-13-29-26(35-24)21-5-3-4-18(2)32-21/h3-5,7,9-13,15,17,20,30H,6,8,14,16H2,1-2H3,(H,28,29,33,34,35)/t17-,20-/m1/s1. The van der Waals surface area contributed by atoms with Crippen molar-refractivity contribution in [3.8, 4) is 11.5 Å². The largest absolute Gasteiger partial charge is 0.456 e. The molecule has 1 aliphatic rings. The van der Waals surface area contributed by atoms with E-state index in [9.17, 15) is 4.79 Å². The molecule has 4 aromatic heterocycles. The van der Waals surface area contributed by atoms with Crippen LogP contribution in [0.25, 0.3) is 11.5 Å². The first-order valence-corrected chi connectivity index (χ1v) is 12.3. The predicted molar refractivity (Wildman–Crippen MR) is 138 cm³/mol. The summed E-state index contributed by atoms with van der Waals surface area (Å²) < 4.78 is 5.59. The summed E-state index contributed by atoms with van der Waals surface area (Å²) in [6.45, 7) is 4.73. The summed E-state index contributed by atoms with van der Waals surface area (Å²) >= 11 is 0. The van der Waals surface area contributed by atoms with Crippen molar-refractivity contribution in [2.75, 3.05) is 11.9 Å². The lowest BCUT2D eigenvalue weighted by molar-refractivity contribution is 0.0214. The highest BCUT2D eigenvalue weighted by molar-refractivity contribution is 5.87. The van der Waals surface area contributed by atoms with Crippen LogP contribution >= 0.6 is 0 Å². The Morgan fingerprint density at radius 2 is 1.84 bits per heavy atom. The number of nitrogens with one attached hydrogen (secondary N) is 2. The first kappa shape index (κ1) is 24.4. The zero-order chi connectivity index (χ0) is 25.6. The number of carbonyl (C=O) groups is 1. The zero-order valence-electron chi connectivity index (χ0n) is 20.8. The van der Waals surface area contributed by atoms with Crippen LogP contribution in [0.2, 0.25) is 0 Å². The Kier molecular flexibility index (Phi) is 7.36. The van der Waals surface area contributed by atoms with Crippen LogP contribution in [0.1, 0.15) is 47.3 Å². The van der Waals surface area contributed by atoms with Gasteiger partial charge in [0, 0.05) is 43.3 Å². The van der Waals surface area contributed by atoms with Gasteiger partial charge in [0.25, 0.3) is 0 Å². The summed E-state index contributed by atoms with van der Waals surface area (Å²) in [6.07, 6.45) is 7.22. The SMILES string of the molecule is Cc1cccc(-c2nccc(Nc3ccnc(Cc4ccc(C(=O)O[C@@H]5CC[C@@H](C)NC5)nc4)n3)n2)n1. The van der Waals surface area contributed by atoms with Gasteiger partial charge in [0.1, 0.15) is 35.0 Å². The van der Waals surface area contributed by atoms with Gasteiger partial charge in [0.2, 0.25) is 0 Å². The summed E-state index contributed by atoms with van der Waals surface area (Å²) in [5, 5.41) is 6.54. The monoisotopic (exact) mass is 496 g/mol. The van der Waals surface area contributed by atoms with E-state index in [1.54, 1.807) is 36.8 Å². The number of anilines is 2. The van der Waals surface area contributed by atoms with Crippen molar-refractivity contribution in [1.82, 2.24) is 35.2 Å². The van der Waals surface area contributed by atoms with E-state index in [4.69, 9.17) is 4.74 Å². The van der Waals surface area contributed by atoms with E-state index >= 15 is 0 Å². The minimum Gasteiger partial charge on any atom is -0.456 e. The molecule has 0 aromatic carbocycles. The molecule has 0 saturated carbocycles. The molecule has 1 aliphatic heterocycles. The topological polar surface area (TPSA) is 128 Å². The maximum absolute atomic E-state index is 12.5. The summed E-state index contributed by atoms with van der Waals surface area (Å²) in [6, 6.07) is 13.3. The van der Waals surface area contributed by atoms with Crippen LogP contribution in [0, 0.1) is 6.92 Å². The Labute approximate surface area is 215 Å². The third-order valence-corrected chi connectivity index (χ3v) is 6.02. The fourth-order valence-electron chi connectivity index (χ4n) is 4.02. The van der Waals surface area contributed by atoms with Gasteiger partial charge >= 0.3 is 5.97 Å². The number of ether oxygens (including phenoxy) is 1. The predicted octanol–water partition coefficient (Wildman–Crippen LogP) is 3.66. The van der Waals surface area contributed by atoms with Crippen LogP contribution in [0.3, 0.4) is 0 Å². The van der Waals surface area contributed by atoms with Gasteiger partial charge in [-0.25, -0.2) is 34.7 Å². The number of aryl methyl sites for hydroxylation is 1. The lowest BCUT2D eigenvalue weighted by atomic mass is 10.0. The van der Waals surface area contributed by atoms with Crippen molar-refractivity contribution in [3.63, 3.8) is 0 Å². The van der Waals surface area contributed by atoms with Gasteiger partial charge in [-0.15, -0.1) is 0 Å².